The number of phenolic OH excluding ortho intramolecular Hbond substituents is 1. The Morgan fingerprint density at radius 1 is 1.20 bits per heavy atom. The van der Waals surface area contributed by atoms with E-state index < -0.39 is 11.9 Å². The number of hydrogen-bond donors (Lipinski definition) is 2. The second kappa shape index (κ2) is 10.3. The molecule has 0 saturated heterocycles. The van der Waals surface area contributed by atoms with Gasteiger partial charge < -0.3 is 19.9 Å². The van der Waals surface area contributed by atoms with Crippen molar-refractivity contribution in [1.29, 1.82) is 0 Å². The van der Waals surface area contributed by atoms with Gasteiger partial charge in [0.15, 0.2) is 17.3 Å². The first-order chi connectivity index (χ1) is 16.7. The Labute approximate surface area is 214 Å². The lowest BCUT2D eigenvalue weighted by molar-refractivity contribution is -0.144. The highest BCUT2D eigenvalue weighted by Gasteiger charge is 2.42. The SMILES string of the molecule is CC[C@H](C)OC(=O)C1=C(C)NC2=C(C(=O)C[C@H](c3ccccc3)C2)[C@H]1c1cc(Br)c(O)c(OC)c1. The molecule has 1 heterocycles. The summed E-state index contributed by atoms with van der Waals surface area (Å²) >= 11 is 3.39. The quantitative estimate of drug-likeness (QED) is 0.446. The summed E-state index contributed by atoms with van der Waals surface area (Å²) in [5.41, 5.74) is 4.23. The van der Waals surface area contributed by atoms with Crippen molar-refractivity contribution in [2.24, 2.45) is 0 Å². The van der Waals surface area contributed by atoms with Crippen molar-refractivity contribution in [2.45, 2.75) is 58.0 Å². The van der Waals surface area contributed by atoms with E-state index in [0.717, 1.165) is 11.3 Å². The van der Waals surface area contributed by atoms with E-state index in [1.165, 1.54) is 7.11 Å². The average molecular weight is 540 g/mol. The summed E-state index contributed by atoms with van der Waals surface area (Å²) in [7, 11) is 1.47. The topological polar surface area (TPSA) is 84.9 Å². The zero-order chi connectivity index (χ0) is 25.3. The largest absolute Gasteiger partial charge is 0.503 e. The Bertz CT molecular complexity index is 1220. The zero-order valence-electron chi connectivity index (χ0n) is 20.4. The van der Waals surface area contributed by atoms with Crippen LogP contribution in [0.15, 0.2) is 69.5 Å². The minimum Gasteiger partial charge on any atom is -0.503 e. The van der Waals surface area contributed by atoms with Crippen LogP contribution in [0.5, 0.6) is 11.5 Å². The van der Waals surface area contributed by atoms with Gasteiger partial charge in [0.05, 0.1) is 23.3 Å². The summed E-state index contributed by atoms with van der Waals surface area (Å²) in [5.74, 6) is -0.837. The van der Waals surface area contributed by atoms with Crippen LogP contribution >= 0.6 is 15.9 Å². The lowest BCUT2D eigenvalue weighted by Gasteiger charge is -2.37. The van der Waals surface area contributed by atoms with Crippen LogP contribution in [0, 0.1) is 0 Å². The number of aromatic hydroxyl groups is 1. The number of ketones is 1. The highest BCUT2D eigenvalue weighted by atomic mass is 79.9. The van der Waals surface area contributed by atoms with E-state index >= 15 is 0 Å². The molecule has 7 heteroatoms. The molecule has 0 saturated carbocycles. The van der Waals surface area contributed by atoms with Crippen molar-refractivity contribution in [3.8, 4) is 11.5 Å². The number of ether oxygens (including phenoxy) is 2. The molecule has 2 aromatic carbocycles. The highest BCUT2D eigenvalue weighted by Crippen LogP contribution is 2.48. The van der Waals surface area contributed by atoms with Gasteiger partial charge in [-0.15, -0.1) is 0 Å². The van der Waals surface area contributed by atoms with E-state index in [2.05, 4.69) is 21.2 Å². The van der Waals surface area contributed by atoms with E-state index in [1.54, 1.807) is 12.1 Å². The number of carbonyl (C=O) groups excluding carboxylic acids is 2. The lowest BCUT2D eigenvalue weighted by atomic mass is 9.71. The van der Waals surface area contributed by atoms with E-state index in [1.807, 2.05) is 51.1 Å². The Morgan fingerprint density at radius 2 is 1.91 bits per heavy atom. The molecule has 6 nitrogen and oxygen atoms in total. The minimum atomic E-state index is -0.641. The number of allylic oxidation sites excluding steroid dienone is 3. The number of halogens is 1. The molecule has 0 unspecified atom stereocenters. The molecular weight excluding hydrogens is 510 g/mol. The van der Waals surface area contributed by atoms with Crippen LogP contribution in [-0.2, 0) is 14.3 Å². The highest BCUT2D eigenvalue weighted by molar-refractivity contribution is 9.10. The minimum absolute atomic E-state index is 0.0119. The monoisotopic (exact) mass is 539 g/mol. The fraction of sp³-hybridized carbons (Fsp3) is 0.357. The van der Waals surface area contributed by atoms with Gasteiger partial charge in [0.25, 0.3) is 0 Å². The third-order valence-electron chi connectivity index (χ3n) is 6.81. The van der Waals surface area contributed by atoms with E-state index in [4.69, 9.17) is 9.47 Å². The predicted octanol–water partition coefficient (Wildman–Crippen LogP) is 5.87. The fourth-order valence-corrected chi connectivity index (χ4v) is 5.31. The molecule has 0 amide bonds. The maximum Gasteiger partial charge on any atom is 0.337 e. The molecule has 3 atom stereocenters. The van der Waals surface area contributed by atoms with Crippen LogP contribution in [0.4, 0.5) is 0 Å². The van der Waals surface area contributed by atoms with Crippen LogP contribution in [0.25, 0.3) is 0 Å². The molecule has 0 bridgehead atoms. The molecule has 0 spiro atoms. The first kappa shape index (κ1) is 25.0. The summed E-state index contributed by atoms with van der Waals surface area (Å²) < 4.78 is 11.5. The van der Waals surface area contributed by atoms with E-state index in [-0.39, 0.29) is 29.3 Å². The van der Waals surface area contributed by atoms with Gasteiger partial charge in [0.1, 0.15) is 0 Å². The van der Waals surface area contributed by atoms with E-state index in [9.17, 15) is 14.7 Å². The van der Waals surface area contributed by atoms with Gasteiger partial charge in [-0.2, -0.15) is 0 Å². The standard InChI is InChI=1S/C28H30BrNO5/c1-5-15(2)35-28(33)24-16(3)30-21-12-18(17-9-7-6-8-10-17)13-22(31)26(21)25(24)19-11-20(29)27(32)23(14-19)34-4/h6-11,14-15,18,25,30,32H,5,12-13H2,1-4H3/t15-,18+,25-/m0/s1. The second-order valence-corrected chi connectivity index (χ2v) is 9.96. The number of methoxy groups -OCH3 is 1. The normalized spacial score (nSPS) is 20.8. The molecule has 4 rings (SSSR count). The second-order valence-electron chi connectivity index (χ2n) is 9.11. The van der Waals surface area contributed by atoms with Gasteiger partial charge in [0.2, 0.25) is 0 Å². The first-order valence-corrected chi connectivity index (χ1v) is 12.6. The Morgan fingerprint density at radius 3 is 2.57 bits per heavy atom. The number of rotatable bonds is 6. The fourth-order valence-electron chi connectivity index (χ4n) is 4.85. The van der Waals surface area contributed by atoms with Gasteiger partial charge in [0, 0.05) is 29.3 Å². The zero-order valence-corrected chi connectivity index (χ0v) is 21.9. The molecule has 2 aromatic rings. The molecule has 2 aliphatic rings. The van der Waals surface area contributed by atoms with Gasteiger partial charge in [-0.25, -0.2) is 4.79 Å². The van der Waals surface area contributed by atoms with Crippen LogP contribution < -0.4 is 10.1 Å². The Kier molecular flexibility index (Phi) is 7.36. The number of dihydropyridines is 1. The lowest BCUT2D eigenvalue weighted by Crippen LogP contribution is -2.36. The Balaban J connectivity index is 1.85. The van der Waals surface area contributed by atoms with Gasteiger partial charge in [-0.3, -0.25) is 4.79 Å². The summed E-state index contributed by atoms with van der Waals surface area (Å²) in [6.45, 7) is 5.64. The van der Waals surface area contributed by atoms with Crippen LogP contribution in [0.1, 0.15) is 63.0 Å². The molecule has 0 aromatic heterocycles. The molecular formula is C28H30BrNO5. The molecule has 35 heavy (non-hydrogen) atoms. The van der Waals surface area contributed by atoms with Crippen LogP contribution in [-0.4, -0.2) is 30.1 Å². The summed E-state index contributed by atoms with van der Waals surface area (Å²) in [6, 6.07) is 13.4. The van der Waals surface area contributed by atoms with Crippen molar-refractivity contribution in [1.82, 2.24) is 5.32 Å². The maximum atomic E-state index is 13.7. The summed E-state index contributed by atoms with van der Waals surface area (Å²) in [6.07, 6.45) is 1.43. The summed E-state index contributed by atoms with van der Waals surface area (Å²) in [4.78, 5) is 27.1. The molecule has 1 aliphatic heterocycles. The smallest absolute Gasteiger partial charge is 0.337 e. The van der Waals surface area contributed by atoms with Gasteiger partial charge >= 0.3 is 5.97 Å². The van der Waals surface area contributed by atoms with Crippen LogP contribution in [0.2, 0.25) is 0 Å². The number of phenols is 1. The van der Waals surface area contributed by atoms with Crippen molar-refractivity contribution in [3.05, 3.63) is 80.6 Å². The molecule has 1 aliphatic carbocycles. The van der Waals surface area contributed by atoms with Crippen molar-refractivity contribution in [3.63, 3.8) is 0 Å². The number of carbonyl (C=O) groups is 2. The molecule has 0 fully saturated rings. The molecule has 0 radical (unpaired) electrons. The van der Waals surface area contributed by atoms with Crippen molar-refractivity contribution >= 4 is 27.7 Å². The third-order valence-corrected chi connectivity index (χ3v) is 7.41. The first-order valence-electron chi connectivity index (χ1n) is 11.8. The number of hydrogen-bond acceptors (Lipinski definition) is 6. The number of benzene rings is 2. The number of nitrogens with one attached hydrogen (secondary N) is 1. The summed E-state index contributed by atoms with van der Waals surface area (Å²) in [5, 5.41) is 13.7. The predicted molar refractivity (Wildman–Crippen MR) is 137 cm³/mol. The van der Waals surface area contributed by atoms with Gasteiger partial charge in [-0.05, 0) is 71.8 Å². The number of esters is 1. The maximum absolute atomic E-state index is 13.7. The molecule has 2 N–H and O–H groups in total. The van der Waals surface area contributed by atoms with Crippen molar-refractivity contribution < 1.29 is 24.2 Å². The molecule has 184 valence electrons. The van der Waals surface area contributed by atoms with Crippen molar-refractivity contribution in [2.75, 3.05) is 7.11 Å². The number of Topliss-reactive ketones (excluding diaryl/α,β-unsaturated/α-hetero) is 1. The van der Waals surface area contributed by atoms with Gasteiger partial charge in [-0.1, -0.05) is 37.3 Å². The third kappa shape index (κ3) is 4.87. The van der Waals surface area contributed by atoms with E-state index in [0.29, 0.717) is 46.1 Å². The van der Waals surface area contributed by atoms with Crippen LogP contribution in [0.3, 0.4) is 0 Å². The average Bonchev–Trinajstić information content (AvgIpc) is 2.84. The Hall–Kier alpha value is -3.06.